The van der Waals surface area contributed by atoms with Crippen molar-refractivity contribution in [1.29, 1.82) is 0 Å². The maximum atomic E-state index is 12.9. The van der Waals surface area contributed by atoms with Crippen molar-refractivity contribution in [3.8, 4) is 5.75 Å². The number of thioether (sulfide) groups is 1. The zero-order valence-electron chi connectivity index (χ0n) is 13.9. The van der Waals surface area contributed by atoms with Crippen molar-refractivity contribution in [2.24, 2.45) is 0 Å². The zero-order valence-corrected chi connectivity index (χ0v) is 15.5. The van der Waals surface area contributed by atoms with Crippen LogP contribution in [-0.4, -0.2) is 60.3 Å². The van der Waals surface area contributed by atoms with E-state index >= 15 is 0 Å². The maximum absolute atomic E-state index is 12.9. The normalized spacial score (nSPS) is 20.3. The van der Waals surface area contributed by atoms with Crippen LogP contribution in [0.25, 0.3) is 0 Å². The van der Waals surface area contributed by atoms with Gasteiger partial charge in [-0.1, -0.05) is 23.9 Å². The van der Waals surface area contributed by atoms with Crippen molar-refractivity contribution in [3.05, 3.63) is 24.3 Å². The third-order valence-electron chi connectivity index (χ3n) is 4.34. The number of amides is 2. The van der Waals surface area contributed by atoms with E-state index in [9.17, 15) is 18.0 Å². The lowest BCUT2D eigenvalue weighted by Crippen LogP contribution is -2.48. The summed E-state index contributed by atoms with van der Waals surface area (Å²) in [6.45, 7) is 2.73. The Morgan fingerprint density at radius 3 is 2.48 bits per heavy atom. The molecule has 136 valence electrons. The first-order chi connectivity index (χ1) is 11.9. The molecule has 1 aromatic rings. The Labute approximate surface area is 151 Å². The van der Waals surface area contributed by atoms with Gasteiger partial charge in [0.05, 0.1) is 12.4 Å². The second kappa shape index (κ2) is 7.35. The molecule has 1 aromatic carbocycles. The SMILES string of the molecule is CCOc1ccccc1S(=O)(=O)N1CCC(N2C(=O)CSC2=O)CC1. The molecule has 3 rings (SSSR count). The Kier molecular flexibility index (Phi) is 5.35. The Hall–Kier alpha value is -1.58. The number of benzene rings is 1. The Morgan fingerprint density at radius 2 is 1.88 bits per heavy atom. The maximum Gasteiger partial charge on any atom is 0.289 e. The van der Waals surface area contributed by atoms with Crippen molar-refractivity contribution in [2.75, 3.05) is 25.4 Å². The Balaban J connectivity index is 1.74. The van der Waals surface area contributed by atoms with Gasteiger partial charge in [-0.3, -0.25) is 14.5 Å². The quantitative estimate of drug-likeness (QED) is 0.771. The second-order valence-electron chi connectivity index (χ2n) is 5.83. The molecule has 0 aromatic heterocycles. The highest BCUT2D eigenvalue weighted by molar-refractivity contribution is 8.14. The van der Waals surface area contributed by atoms with Gasteiger partial charge >= 0.3 is 0 Å². The number of ether oxygens (including phenoxy) is 1. The van der Waals surface area contributed by atoms with Crippen LogP contribution in [0.15, 0.2) is 29.2 Å². The lowest BCUT2D eigenvalue weighted by atomic mass is 10.1. The number of hydrogen-bond acceptors (Lipinski definition) is 6. The van der Waals surface area contributed by atoms with Crippen LogP contribution >= 0.6 is 11.8 Å². The van der Waals surface area contributed by atoms with Gasteiger partial charge in [0.2, 0.25) is 15.9 Å². The molecule has 0 radical (unpaired) electrons. The van der Waals surface area contributed by atoms with Crippen LogP contribution < -0.4 is 4.74 Å². The molecule has 2 aliphatic heterocycles. The molecule has 2 fully saturated rings. The average Bonchev–Trinajstić information content (AvgIpc) is 2.94. The molecule has 0 spiro atoms. The van der Waals surface area contributed by atoms with Crippen molar-refractivity contribution >= 4 is 32.9 Å². The van der Waals surface area contributed by atoms with E-state index in [-0.39, 0.29) is 40.9 Å². The van der Waals surface area contributed by atoms with Crippen LogP contribution in [0.3, 0.4) is 0 Å². The van der Waals surface area contributed by atoms with E-state index in [0.29, 0.717) is 25.2 Å². The predicted octanol–water partition coefficient (Wildman–Crippen LogP) is 1.93. The first-order valence-corrected chi connectivity index (χ1v) is 10.6. The average molecular weight is 384 g/mol. The minimum atomic E-state index is -3.67. The van der Waals surface area contributed by atoms with Crippen LogP contribution in [-0.2, 0) is 14.8 Å². The number of sulfonamides is 1. The highest BCUT2D eigenvalue weighted by Gasteiger charge is 2.39. The van der Waals surface area contributed by atoms with Gasteiger partial charge in [0.25, 0.3) is 5.24 Å². The van der Waals surface area contributed by atoms with E-state index in [1.54, 1.807) is 25.1 Å². The number of piperidine rings is 1. The monoisotopic (exact) mass is 384 g/mol. The van der Waals surface area contributed by atoms with Crippen molar-refractivity contribution in [2.45, 2.75) is 30.7 Å². The number of imide groups is 1. The summed E-state index contributed by atoms with van der Waals surface area (Å²) in [6, 6.07) is 6.36. The largest absolute Gasteiger partial charge is 0.492 e. The molecule has 0 atom stereocenters. The van der Waals surface area contributed by atoms with Crippen molar-refractivity contribution < 1.29 is 22.7 Å². The second-order valence-corrected chi connectivity index (χ2v) is 8.67. The zero-order chi connectivity index (χ0) is 18.0. The summed E-state index contributed by atoms with van der Waals surface area (Å²) in [6.07, 6.45) is 0.905. The summed E-state index contributed by atoms with van der Waals surface area (Å²) in [5.41, 5.74) is 0. The molecule has 25 heavy (non-hydrogen) atoms. The number of hydrogen-bond donors (Lipinski definition) is 0. The molecule has 2 amide bonds. The van der Waals surface area contributed by atoms with E-state index < -0.39 is 10.0 Å². The van der Waals surface area contributed by atoms with Crippen LogP contribution in [0.2, 0.25) is 0 Å². The van der Waals surface area contributed by atoms with Crippen molar-refractivity contribution in [3.63, 3.8) is 0 Å². The molecular formula is C16H20N2O5S2. The number of carbonyl (C=O) groups is 2. The summed E-state index contributed by atoms with van der Waals surface area (Å²) in [5.74, 6) is 0.338. The van der Waals surface area contributed by atoms with Crippen LogP contribution in [0.4, 0.5) is 4.79 Å². The van der Waals surface area contributed by atoms with Gasteiger partial charge in [0.1, 0.15) is 10.6 Å². The Morgan fingerprint density at radius 1 is 1.20 bits per heavy atom. The first-order valence-electron chi connectivity index (χ1n) is 8.16. The van der Waals surface area contributed by atoms with Gasteiger partial charge in [-0.15, -0.1) is 0 Å². The van der Waals surface area contributed by atoms with Gasteiger partial charge in [-0.25, -0.2) is 8.42 Å². The van der Waals surface area contributed by atoms with E-state index in [0.717, 1.165) is 11.8 Å². The molecule has 7 nitrogen and oxygen atoms in total. The molecule has 2 aliphatic rings. The van der Waals surface area contributed by atoms with Gasteiger partial charge in [-0.2, -0.15) is 4.31 Å². The number of carbonyl (C=O) groups excluding carboxylic acids is 2. The predicted molar refractivity (Wildman–Crippen MR) is 94.1 cm³/mol. The number of rotatable bonds is 5. The van der Waals surface area contributed by atoms with E-state index in [1.165, 1.54) is 15.3 Å². The fraction of sp³-hybridized carbons (Fsp3) is 0.500. The van der Waals surface area contributed by atoms with Crippen LogP contribution in [0.1, 0.15) is 19.8 Å². The summed E-state index contributed by atoms with van der Waals surface area (Å²) in [7, 11) is -3.67. The minimum absolute atomic E-state index is 0.152. The molecular weight excluding hydrogens is 364 g/mol. The van der Waals surface area contributed by atoms with Crippen molar-refractivity contribution in [1.82, 2.24) is 9.21 Å². The first kappa shape index (κ1) is 18.2. The Bertz CT molecular complexity index is 756. The molecule has 0 bridgehead atoms. The molecule has 0 aliphatic carbocycles. The van der Waals surface area contributed by atoms with E-state index in [4.69, 9.17) is 4.74 Å². The van der Waals surface area contributed by atoms with Gasteiger partial charge in [0.15, 0.2) is 0 Å². The van der Waals surface area contributed by atoms with E-state index in [1.807, 2.05) is 0 Å². The minimum Gasteiger partial charge on any atom is -0.492 e. The fourth-order valence-corrected chi connectivity index (χ4v) is 5.51. The molecule has 0 saturated carbocycles. The fourth-order valence-electron chi connectivity index (χ4n) is 3.13. The molecule has 2 saturated heterocycles. The lowest BCUT2D eigenvalue weighted by Gasteiger charge is -2.34. The van der Waals surface area contributed by atoms with Crippen LogP contribution in [0, 0.1) is 0 Å². The van der Waals surface area contributed by atoms with Gasteiger partial charge < -0.3 is 4.74 Å². The summed E-state index contributed by atoms with van der Waals surface area (Å²) in [5, 5.41) is -0.229. The standard InChI is InChI=1S/C16H20N2O5S2/c1-2-23-13-5-3-4-6-14(13)25(21,22)17-9-7-12(8-10-17)18-15(19)11-24-16(18)20/h3-6,12H,2,7-11H2,1H3. The molecule has 2 heterocycles. The molecule has 0 unspecified atom stereocenters. The third kappa shape index (κ3) is 3.54. The number of nitrogens with zero attached hydrogens (tertiary/aromatic N) is 2. The smallest absolute Gasteiger partial charge is 0.289 e. The summed E-state index contributed by atoms with van der Waals surface area (Å²) >= 11 is 1.01. The molecule has 9 heteroatoms. The summed E-state index contributed by atoms with van der Waals surface area (Å²) < 4.78 is 32.7. The van der Waals surface area contributed by atoms with Gasteiger partial charge in [-0.05, 0) is 31.9 Å². The highest BCUT2D eigenvalue weighted by atomic mass is 32.2. The summed E-state index contributed by atoms with van der Waals surface area (Å²) in [4.78, 5) is 25.1. The molecule has 0 N–H and O–H groups in total. The highest BCUT2D eigenvalue weighted by Crippen LogP contribution is 2.31. The van der Waals surface area contributed by atoms with Crippen LogP contribution in [0.5, 0.6) is 5.75 Å². The van der Waals surface area contributed by atoms with E-state index in [2.05, 4.69) is 0 Å². The van der Waals surface area contributed by atoms with Gasteiger partial charge in [0, 0.05) is 19.1 Å². The number of para-hydroxylation sites is 1. The third-order valence-corrected chi connectivity index (χ3v) is 7.11. The topological polar surface area (TPSA) is 84.0 Å². The lowest BCUT2D eigenvalue weighted by molar-refractivity contribution is -0.126.